The van der Waals surface area contributed by atoms with Gasteiger partial charge in [-0.15, -0.1) is 6.42 Å². The van der Waals surface area contributed by atoms with Gasteiger partial charge >= 0.3 is 0 Å². The fourth-order valence-corrected chi connectivity index (χ4v) is 3.85. The molecule has 1 unspecified atom stereocenters. The summed E-state index contributed by atoms with van der Waals surface area (Å²) in [5, 5.41) is 0. The molecular formula is C19H24N2O. The molecule has 1 aliphatic carbocycles. The highest BCUT2D eigenvalue weighted by molar-refractivity contribution is 5.79. The summed E-state index contributed by atoms with van der Waals surface area (Å²) >= 11 is 0. The van der Waals surface area contributed by atoms with Crippen molar-refractivity contribution in [2.45, 2.75) is 31.7 Å². The van der Waals surface area contributed by atoms with Gasteiger partial charge in [0.15, 0.2) is 0 Å². The number of rotatable bonds is 3. The Morgan fingerprint density at radius 2 is 2.05 bits per heavy atom. The number of benzene rings is 1. The number of carbonyl (C=O) groups excluding carboxylic acids is 1. The summed E-state index contributed by atoms with van der Waals surface area (Å²) in [7, 11) is 1.98. The molecule has 0 spiro atoms. The Morgan fingerprint density at radius 3 is 2.77 bits per heavy atom. The van der Waals surface area contributed by atoms with Gasteiger partial charge in [-0.05, 0) is 49.9 Å². The minimum Gasteiger partial charge on any atom is -0.338 e. The third-order valence-electron chi connectivity index (χ3n) is 5.17. The van der Waals surface area contributed by atoms with Gasteiger partial charge in [0.25, 0.3) is 0 Å². The van der Waals surface area contributed by atoms with E-state index in [9.17, 15) is 4.79 Å². The van der Waals surface area contributed by atoms with Crippen LogP contribution in [0.1, 0.15) is 36.4 Å². The van der Waals surface area contributed by atoms with Crippen LogP contribution in [-0.4, -0.2) is 42.4 Å². The molecule has 22 heavy (non-hydrogen) atoms. The van der Waals surface area contributed by atoms with Gasteiger partial charge in [-0.25, -0.2) is 0 Å². The molecule has 1 saturated heterocycles. The Hall–Kier alpha value is -1.79. The molecule has 1 amide bonds. The zero-order valence-electron chi connectivity index (χ0n) is 13.3. The first-order valence-corrected chi connectivity index (χ1v) is 8.21. The van der Waals surface area contributed by atoms with Crippen LogP contribution in [0.25, 0.3) is 0 Å². The number of likely N-dealkylation sites (tertiary alicyclic amines) is 1. The average molecular weight is 296 g/mol. The van der Waals surface area contributed by atoms with Crippen LogP contribution in [0.5, 0.6) is 0 Å². The van der Waals surface area contributed by atoms with Crippen molar-refractivity contribution in [2.24, 2.45) is 5.92 Å². The summed E-state index contributed by atoms with van der Waals surface area (Å²) in [6.45, 7) is 2.58. The molecule has 0 N–H and O–H groups in total. The number of nitrogens with zero attached hydrogens (tertiary/aromatic N) is 2. The van der Waals surface area contributed by atoms with Crippen LogP contribution in [0.3, 0.4) is 0 Å². The first-order chi connectivity index (χ1) is 10.7. The Kier molecular flexibility index (Phi) is 4.49. The van der Waals surface area contributed by atoms with Crippen molar-refractivity contribution in [1.29, 1.82) is 0 Å². The van der Waals surface area contributed by atoms with E-state index >= 15 is 0 Å². The summed E-state index contributed by atoms with van der Waals surface area (Å²) in [6, 6.07) is 8.78. The van der Waals surface area contributed by atoms with Crippen molar-refractivity contribution in [1.82, 2.24) is 9.80 Å². The number of amides is 1. The molecular weight excluding hydrogens is 272 g/mol. The smallest absolute Gasteiger partial charge is 0.226 e. The topological polar surface area (TPSA) is 23.6 Å². The molecule has 1 fully saturated rings. The van der Waals surface area contributed by atoms with E-state index in [1.807, 2.05) is 11.9 Å². The van der Waals surface area contributed by atoms with Gasteiger partial charge in [0, 0.05) is 13.0 Å². The second kappa shape index (κ2) is 6.54. The molecule has 2 aliphatic rings. The van der Waals surface area contributed by atoms with Crippen molar-refractivity contribution >= 4 is 5.91 Å². The van der Waals surface area contributed by atoms with Crippen LogP contribution >= 0.6 is 0 Å². The van der Waals surface area contributed by atoms with E-state index in [1.165, 1.54) is 11.1 Å². The maximum atomic E-state index is 12.8. The standard InChI is InChI=1S/C19H24N2O/c1-3-12-21-13-10-16(11-14-21)19(22)20(2)18-9-8-15-6-4-5-7-17(15)18/h1,4-7,16,18H,8-14H2,2H3. The number of hydrogen-bond acceptors (Lipinski definition) is 2. The molecule has 0 saturated carbocycles. The lowest BCUT2D eigenvalue weighted by Gasteiger charge is -2.34. The van der Waals surface area contributed by atoms with Crippen LogP contribution in [0.15, 0.2) is 24.3 Å². The number of carbonyl (C=O) groups is 1. The maximum absolute atomic E-state index is 12.8. The molecule has 1 heterocycles. The highest BCUT2D eigenvalue weighted by Crippen LogP contribution is 2.36. The van der Waals surface area contributed by atoms with Gasteiger partial charge in [0.2, 0.25) is 5.91 Å². The predicted octanol–water partition coefficient (Wildman–Crippen LogP) is 2.48. The van der Waals surface area contributed by atoms with Crippen LogP contribution in [0, 0.1) is 18.3 Å². The lowest BCUT2D eigenvalue weighted by atomic mass is 9.94. The Bertz CT molecular complexity index is 581. The predicted molar refractivity (Wildman–Crippen MR) is 88.3 cm³/mol. The van der Waals surface area contributed by atoms with Gasteiger partial charge in [-0.1, -0.05) is 30.2 Å². The van der Waals surface area contributed by atoms with Crippen LogP contribution in [0.2, 0.25) is 0 Å². The Morgan fingerprint density at radius 1 is 1.32 bits per heavy atom. The SMILES string of the molecule is C#CCN1CCC(C(=O)N(C)C2CCc3ccccc32)CC1. The van der Waals surface area contributed by atoms with Crippen LogP contribution < -0.4 is 0 Å². The highest BCUT2D eigenvalue weighted by atomic mass is 16.2. The highest BCUT2D eigenvalue weighted by Gasteiger charge is 2.33. The summed E-state index contributed by atoms with van der Waals surface area (Å²) < 4.78 is 0. The fraction of sp³-hybridized carbons (Fsp3) is 0.526. The van der Waals surface area contributed by atoms with Crippen molar-refractivity contribution in [3.63, 3.8) is 0 Å². The van der Waals surface area contributed by atoms with E-state index in [4.69, 9.17) is 6.42 Å². The number of fused-ring (bicyclic) bond motifs is 1. The largest absolute Gasteiger partial charge is 0.338 e. The third-order valence-corrected chi connectivity index (χ3v) is 5.17. The molecule has 3 rings (SSSR count). The molecule has 0 bridgehead atoms. The molecule has 0 aromatic heterocycles. The first-order valence-electron chi connectivity index (χ1n) is 8.21. The molecule has 116 valence electrons. The van der Waals surface area contributed by atoms with Crippen molar-refractivity contribution in [3.8, 4) is 12.3 Å². The lowest BCUT2D eigenvalue weighted by molar-refractivity contribution is -0.138. The zero-order chi connectivity index (χ0) is 15.5. The molecule has 1 atom stereocenters. The molecule has 1 aliphatic heterocycles. The number of hydrogen-bond donors (Lipinski definition) is 0. The second-order valence-corrected chi connectivity index (χ2v) is 6.46. The quantitative estimate of drug-likeness (QED) is 0.800. The van der Waals surface area contributed by atoms with E-state index in [0.717, 1.165) is 38.8 Å². The third kappa shape index (κ3) is 2.89. The van der Waals surface area contributed by atoms with Crippen LogP contribution in [-0.2, 0) is 11.2 Å². The number of aryl methyl sites for hydroxylation is 1. The van der Waals surface area contributed by atoms with Gasteiger partial charge in [0.1, 0.15) is 0 Å². The van der Waals surface area contributed by atoms with Gasteiger partial charge < -0.3 is 4.90 Å². The van der Waals surface area contributed by atoms with Gasteiger partial charge in [-0.2, -0.15) is 0 Å². The molecule has 3 nitrogen and oxygen atoms in total. The van der Waals surface area contributed by atoms with E-state index in [2.05, 4.69) is 35.1 Å². The fourth-order valence-electron chi connectivity index (χ4n) is 3.85. The maximum Gasteiger partial charge on any atom is 0.226 e. The Labute approximate surface area is 133 Å². The summed E-state index contributed by atoms with van der Waals surface area (Å²) in [5.74, 6) is 3.16. The van der Waals surface area contributed by atoms with Crippen LogP contribution in [0.4, 0.5) is 0 Å². The van der Waals surface area contributed by atoms with E-state index in [0.29, 0.717) is 12.5 Å². The van der Waals surface area contributed by atoms with E-state index < -0.39 is 0 Å². The lowest BCUT2D eigenvalue weighted by Crippen LogP contribution is -2.42. The van der Waals surface area contributed by atoms with Crippen molar-refractivity contribution in [2.75, 3.05) is 26.7 Å². The van der Waals surface area contributed by atoms with Crippen molar-refractivity contribution in [3.05, 3.63) is 35.4 Å². The van der Waals surface area contributed by atoms with E-state index in [1.54, 1.807) is 0 Å². The monoisotopic (exact) mass is 296 g/mol. The molecule has 1 aromatic carbocycles. The average Bonchev–Trinajstić information content (AvgIpc) is 2.98. The molecule has 3 heteroatoms. The minimum atomic E-state index is 0.159. The summed E-state index contributed by atoms with van der Waals surface area (Å²) in [5.41, 5.74) is 2.74. The second-order valence-electron chi connectivity index (χ2n) is 6.46. The number of terminal acetylenes is 1. The first kappa shape index (κ1) is 15.1. The van der Waals surface area contributed by atoms with E-state index in [-0.39, 0.29) is 12.0 Å². The zero-order valence-corrected chi connectivity index (χ0v) is 13.3. The normalized spacial score (nSPS) is 22.1. The van der Waals surface area contributed by atoms with Gasteiger partial charge in [0.05, 0.1) is 12.6 Å². The Balaban J connectivity index is 1.63. The van der Waals surface area contributed by atoms with Gasteiger partial charge in [-0.3, -0.25) is 9.69 Å². The van der Waals surface area contributed by atoms with Crippen molar-refractivity contribution < 1.29 is 4.79 Å². The summed E-state index contributed by atoms with van der Waals surface area (Å²) in [4.78, 5) is 17.1. The summed E-state index contributed by atoms with van der Waals surface area (Å²) in [6.07, 6.45) is 9.36. The molecule has 0 radical (unpaired) electrons. The number of piperidine rings is 1. The molecule has 1 aromatic rings. The minimum absolute atomic E-state index is 0.159.